The van der Waals surface area contributed by atoms with Gasteiger partial charge in [-0.25, -0.2) is 4.98 Å². The number of benzene rings is 2. The normalized spacial score (nSPS) is 10.5. The lowest BCUT2D eigenvalue weighted by atomic mass is 9.92. The van der Waals surface area contributed by atoms with Gasteiger partial charge in [0.15, 0.2) is 0 Å². The van der Waals surface area contributed by atoms with E-state index < -0.39 is 0 Å². The van der Waals surface area contributed by atoms with Crippen LogP contribution in [0.5, 0.6) is 5.88 Å². The Morgan fingerprint density at radius 2 is 1.43 bits per heavy atom. The van der Waals surface area contributed by atoms with E-state index in [0.717, 1.165) is 0 Å². The summed E-state index contributed by atoms with van der Waals surface area (Å²) in [4.78, 5) is 4.09. The van der Waals surface area contributed by atoms with E-state index in [9.17, 15) is 0 Å². The summed E-state index contributed by atoms with van der Waals surface area (Å²) in [5, 5.41) is 0. The van der Waals surface area contributed by atoms with Crippen LogP contribution in [0, 0.1) is 6.20 Å². The Labute approximate surface area is 125 Å². The fraction of sp³-hybridized carbons (Fsp3) is 0.105. The van der Waals surface area contributed by atoms with Crippen molar-refractivity contribution in [3.8, 4) is 5.88 Å². The van der Waals surface area contributed by atoms with Crippen LogP contribution in [0.2, 0.25) is 0 Å². The molecule has 3 aromatic rings. The first-order valence-corrected chi connectivity index (χ1v) is 6.99. The van der Waals surface area contributed by atoms with Crippen molar-refractivity contribution in [3.63, 3.8) is 0 Å². The van der Waals surface area contributed by atoms with Crippen molar-refractivity contribution in [2.75, 3.05) is 6.61 Å². The fourth-order valence-electron chi connectivity index (χ4n) is 2.32. The van der Waals surface area contributed by atoms with Crippen molar-refractivity contribution in [2.24, 2.45) is 0 Å². The zero-order valence-electron chi connectivity index (χ0n) is 11.6. The Balaban J connectivity index is 1.83. The number of nitrogens with zero attached hydrogens (tertiary/aromatic N) is 1. The van der Waals surface area contributed by atoms with E-state index in [1.807, 2.05) is 24.3 Å². The van der Waals surface area contributed by atoms with Crippen LogP contribution in [-0.2, 0) is 0 Å². The SMILES string of the molecule is [c]1cccc(OCC(c2ccccc2)c2ccccc2)n1. The average Bonchev–Trinajstić information content (AvgIpc) is 2.58. The summed E-state index contributed by atoms with van der Waals surface area (Å²) in [7, 11) is 0. The zero-order chi connectivity index (χ0) is 14.3. The number of aromatic nitrogens is 1. The van der Waals surface area contributed by atoms with Gasteiger partial charge in [-0.1, -0.05) is 66.7 Å². The third-order valence-electron chi connectivity index (χ3n) is 3.39. The summed E-state index contributed by atoms with van der Waals surface area (Å²) >= 11 is 0. The number of hydrogen-bond acceptors (Lipinski definition) is 2. The van der Waals surface area contributed by atoms with Crippen molar-refractivity contribution in [1.82, 2.24) is 4.98 Å². The minimum absolute atomic E-state index is 0.189. The summed E-state index contributed by atoms with van der Waals surface area (Å²) in [6, 6.07) is 26.3. The third kappa shape index (κ3) is 3.48. The molecule has 2 aromatic carbocycles. The molecule has 0 unspecified atom stereocenters. The topological polar surface area (TPSA) is 22.1 Å². The molecular formula is C19H16NO. The highest BCUT2D eigenvalue weighted by atomic mass is 16.5. The zero-order valence-corrected chi connectivity index (χ0v) is 11.6. The molecule has 0 aliphatic rings. The highest BCUT2D eigenvalue weighted by Gasteiger charge is 2.14. The summed E-state index contributed by atoms with van der Waals surface area (Å²) in [6.45, 7) is 0.554. The summed E-state index contributed by atoms with van der Waals surface area (Å²) in [5.74, 6) is 0.795. The molecule has 0 aliphatic heterocycles. The minimum Gasteiger partial charge on any atom is -0.477 e. The van der Waals surface area contributed by atoms with Crippen molar-refractivity contribution < 1.29 is 4.74 Å². The first-order valence-electron chi connectivity index (χ1n) is 6.99. The van der Waals surface area contributed by atoms with Crippen LogP contribution in [0.4, 0.5) is 0 Å². The standard InChI is InChI=1S/C19H16NO/c1-3-9-16(10-4-1)18(17-11-5-2-6-12-17)15-21-19-13-7-8-14-20-19/h1-13,18H,15H2. The highest BCUT2D eigenvalue weighted by molar-refractivity contribution is 5.32. The van der Waals surface area contributed by atoms with E-state index in [0.29, 0.717) is 12.5 Å². The van der Waals surface area contributed by atoms with Crippen LogP contribution in [0.1, 0.15) is 17.0 Å². The predicted molar refractivity (Wildman–Crippen MR) is 83.3 cm³/mol. The van der Waals surface area contributed by atoms with Crippen molar-refractivity contribution in [1.29, 1.82) is 0 Å². The maximum absolute atomic E-state index is 5.83. The molecule has 21 heavy (non-hydrogen) atoms. The van der Waals surface area contributed by atoms with Gasteiger partial charge in [0.05, 0.1) is 6.20 Å². The van der Waals surface area contributed by atoms with Gasteiger partial charge in [-0.3, -0.25) is 0 Å². The maximum Gasteiger partial charge on any atom is 0.213 e. The second-order valence-electron chi connectivity index (χ2n) is 4.79. The predicted octanol–water partition coefficient (Wildman–Crippen LogP) is 4.09. The van der Waals surface area contributed by atoms with E-state index in [4.69, 9.17) is 4.74 Å². The van der Waals surface area contributed by atoms with Gasteiger partial charge in [0.25, 0.3) is 0 Å². The molecule has 1 heterocycles. The molecule has 0 aliphatic carbocycles. The van der Waals surface area contributed by atoms with Crippen LogP contribution < -0.4 is 4.74 Å². The fourth-order valence-corrected chi connectivity index (χ4v) is 2.32. The van der Waals surface area contributed by atoms with Crippen LogP contribution in [0.15, 0.2) is 78.9 Å². The van der Waals surface area contributed by atoms with Crippen LogP contribution in [0.3, 0.4) is 0 Å². The van der Waals surface area contributed by atoms with Gasteiger partial charge in [-0.05, 0) is 17.2 Å². The molecule has 0 fully saturated rings. The molecule has 0 saturated heterocycles. The molecule has 1 aromatic heterocycles. The molecule has 0 spiro atoms. The van der Waals surface area contributed by atoms with Crippen molar-refractivity contribution >= 4 is 0 Å². The van der Waals surface area contributed by atoms with Gasteiger partial charge in [0, 0.05) is 12.0 Å². The Morgan fingerprint density at radius 3 is 1.95 bits per heavy atom. The van der Waals surface area contributed by atoms with Crippen molar-refractivity contribution in [3.05, 3.63) is 96.2 Å². The molecule has 3 rings (SSSR count). The van der Waals surface area contributed by atoms with E-state index >= 15 is 0 Å². The second-order valence-corrected chi connectivity index (χ2v) is 4.79. The minimum atomic E-state index is 0.189. The summed E-state index contributed by atoms with van der Waals surface area (Å²) in [6.07, 6.45) is 2.79. The van der Waals surface area contributed by atoms with Gasteiger partial charge in [0.2, 0.25) is 5.88 Å². The lowest BCUT2D eigenvalue weighted by molar-refractivity contribution is 0.292. The highest BCUT2D eigenvalue weighted by Crippen LogP contribution is 2.25. The number of ether oxygens (including phenoxy) is 1. The largest absolute Gasteiger partial charge is 0.477 e. The number of hydrogen-bond donors (Lipinski definition) is 0. The Hall–Kier alpha value is -2.61. The van der Waals surface area contributed by atoms with Gasteiger partial charge >= 0.3 is 0 Å². The molecule has 0 saturated carbocycles. The Morgan fingerprint density at radius 1 is 0.810 bits per heavy atom. The average molecular weight is 274 g/mol. The van der Waals surface area contributed by atoms with Crippen molar-refractivity contribution in [2.45, 2.75) is 5.92 Å². The van der Waals surface area contributed by atoms with E-state index in [2.05, 4.69) is 59.7 Å². The molecule has 2 nitrogen and oxygen atoms in total. The first-order chi connectivity index (χ1) is 10.4. The second kappa shape index (κ2) is 6.71. The van der Waals surface area contributed by atoms with Gasteiger partial charge < -0.3 is 4.74 Å². The first kappa shape index (κ1) is 13.4. The monoisotopic (exact) mass is 274 g/mol. The van der Waals surface area contributed by atoms with Gasteiger partial charge in [0.1, 0.15) is 6.61 Å². The lowest BCUT2D eigenvalue weighted by Gasteiger charge is -2.18. The molecule has 0 amide bonds. The van der Waals surface area contributed by atoms with Crippen LogP contribution in [-0.4, -0.2) is 11.6 Å². The summed E-state index contributed by atoms with van der Waals surface area (Å²) in [5.41, 5.74) is 2.48. The quantitative estimate of drug-likeness (QED) is 0.699. The van der Waals surface area contributed by atoms with Crippen LogP contribution >= 0.6 is 0 Å². The van der Waals surface area contributed by atoms with Crippen LogP contribution in [0.25, 0.3) is 0 Å². The molecule has 1 radical (unpaired) electrons. The Kier molecular flexibility index (Phi) is 4.27. The van der Waals surface area contributed by atoms with E-state index in [-0.39, 0.29) is 5.92 Å². The number of pyridine rings is 1. The molecule has 103 valence electrons. The number of rotatable bonds is 5. The van der Waals surface area contributed by atoms with Gasteiger partial charge in [-0.15, -0.1) is 0 Å². The summed E-state index contributed by atoms with van der Waals surface area (Å²) < 4.78 is 5.83. The molecular weight excluding hydrogens is 258 g/mol. The third-order valence-corrected chi connectivity index (χ3v) is 3.39. The Bertz CT molecular complexity index is 613. The molecule has 2 heteroatoms. The van der Waals surface area contributed by atoms with E-state index in [1.165, 1.54) is 11.1 Å². The molecule has 0 atom stereocenters. The maximum atomic E-state index is 5.83. The molecule has 0 N–H and O–H groups in total. The lowest BCUT2D eigenvalue weighted by Crippen LogP contribution is -2.12. The smallest absolute Gasteiger partial charge is 0.213 e. The van der Waals surface area contributed by atoms with Gasteiger partial charge in [-0.2, -0.15) is 0 Å². The molecule has 0 bridgehead atoms. The van der Waals surface area contributed by atoms with E-state index in [1.54, 1.807) is 6.07 Å².